The van der Waals surface area contributed by atoms with Crippen molar-refractivity contribution in [3.05, 3.63) is 106 Å². The van der Waals surface area contributed by atoms with Crippen LogP contribution in [0.2, 0.25) is 0 Å². The van der Waals surface area contributed by atoms with Crippen LogP contribution in [-0.4, -0.2) is 10.5 Å². The average Bonchev–Trinajstić information content (AvgIpc) is 3.07. The van der Waals surface area contributed by atoms with Crippen LogP contribution >= 0.6 is 0 Å². The second-order valence-corrected chi connectivity index (χ2v) is 6.58. The molecule has 5 nitrogen and oxygen atoms in total. The van der Waals surface area contributed by atoms with Crippen molar-refractivity contribution in [1.82, 2.24) is 4.57 Å². The van der Waals surface area contributed by atoms with Crippen molar-refractivity contribution in [3.8, 4) is 0 Å². The molecule has 1 atom stereocenters. The summed E-state index contributed by atoms with van der Waals surface area (Å²) < 4.78 is 12.8. The molecule has 1 aliphatic heterocycles. The fourth-order valence-corrected chi connectivity index (χ4v) is 3.35. The Morgan fingerprint density at radius 3 is 2.41 bits per heavy atom. The van der Waals surface area contributed by atoms with Crippen LogP contribution in [-0.2, 0) is 28.4 Å². The molecular formula is C22H19NO4. The Morgan fingerprint density at radius 1 is 1.04 bits per heavy atom. The lowest BCUT2D eigenvalue weighted by Gasteiger charge is -2.27. The number of ether oxygens (including phenoxy) is 2. The summed E-state index contributed by atoms with van der Waals surface area (Å²) in [6, 6.07) is 22.1. The summed E-state index contributed by atoms with van der Waals surface area (Å²) in [5.41, 5.74) is 1.08. The van der Waals surface area contributed by atoms with E-state index in [9.17, 15) is 9.59 Å². The molecule has 27 heavy (non-hydrogen) atoms. The molecule has 0 N–H and O–H groups in total. The van der Waals surface area contributed by atoms with Crippen LogP contribution in [0.15, 0.2) is 77.6 Å². The molecule has 5 heteroatoms. The zero-order valence-electron chi connectivity index (χ0n) is 14.9. The normalized spacial score (nSPS) is 18.1. The summed E-state index contributed by atoms with van der Waals surface area (Å²) in [6.45, 7) is 2.26. The molecule has 0 aliphatic carbocycles. The monoisotopic (exact) mass is 361 g/mol. The number of esters is 1. The number of fused-ring (bicyclic) bond motifs is 1. The lowest BCUT2D eigenvalue weighted by atomic mass is 10.0. The summed E-state index contributed by atoms with van der Waals surface area (Å²) in [4.78, 5) is 25.6. The molecule has 4 rings (SSSR count). The van der Waals surface area contributed by atoms with Crippen molar-refractivity contribution in [1.29, 1.82) is 0 Å². The molecule has 1 aliphatic rings. The van der Waals surface area contributed by atoms with E-state index in [1.807, 2.05) is 67.6 Å². The third-order valence-corrected chi connectivity index (χ3v) is 4.83. The zero-order chi connectivity index (χ0) is 18.9. The van der Waals surface area contributed by atoms with Gasteiger partial charge in [0.1, 0.15) is 12.2 Å². The Hall–Kier alpha value is -3.18. The highest BCUT2D eigenvalue weighted by Crippen LogP contribution is 2.33. The Labute approximate surface area is 156 Å². The van der Waals surface area contributed by atoms with Gasteiger partial charge in [0.05, 0.1) is 12.3 Å². The molecule has 0 spiro atoms. The van der Waals surface area contributed by atoms with E-state index in [1.165, 1.54) is 6.07 Å². The SMILES string of the molecule is C[C@@]1(c2ccccc2)OCc2ccc(C(=O)OCc3ccccc3)c(=O)n21. The van der Waals surface area contributed by atoms with Gasteiger partial charge in [-0.1, -0.05) is 60.7 Å². The Balaban J connectivity index is 1.67. The van der Waals surface area contributed by atoms with Gasteiger partial charge in [0, 0.05) is 5.56 Å². The van der Waals surface area contributed by atoms with E-state index in [-0.39, 0.29) is 12.2 Å². The summed E-state index contributed by atoms with van der Waals surface area (Å²) in [7, 11) is 0. The van der Waals surface area contributed by atoms with E-state index in [4.69, 9.17) is 9.47 Å². The summed E-state index contributed by atoms with van der Waals surface area (Å²) in [6.07, 6.45) is 0. The largest absolute Gasteiger partial charge is 0.457 e. The smallest absolute Gasteiger partial charge is 0.344 e. The number of hydrogen-bond donors (Lipinski definition) is 0. The maximum atomic E-state index is 13.1. The number of rotatable bonds is 4. The van der Waals surface area contributed by atoms with Crippen molar-refractivity contribution in [2.24, 2.45) is 0 Å². The molecular weight excluding hydrogens is 342 g/mol. The van der Waals surface area contributed by atoms with Crippen molar-refractivity contribution < 1.29 is 14.3 Å². The van der Waals surface area contributed by atoms with Crippen LogP contribution < -0.4 is 5.56 Å². The lowest BCUT2D eigenvalue weighted by Crippen LogP contribution is -2.40. The minimum atomic E-state index is -0.955. The number of nitrogens with zero attached hydrogens (tertiary/aromatic N) is 1. The highest BCUT2D eigenvalue weighted by molar-refractivity contribution is 5.89. The van der Waals surface area contributed by atoms with Crippen LogP contribution in [0, 0.1) is 0 Å². The predicted octanol–water partition coefficient (Wildman–Crippen LogP) is 3.46. The van der Waals surface area contributed by atoms with Gasteiger partial charge in [-0.2, -0.15) is 0 Å². The second kappa shape index (κ2) is 6.85. The minimum Gasteiger partial charge on any atom is -0.457 e. The topological polar surface area (TPSA) is 57.5 Å². The van der Waals surface area contributed by atoms with Crippen LogP contribution in [0.25, 0.3) is 0 Å². The number of pyridine rings is 1. The fraction of sp³-hybridized carbons (Fsp3) is 0.182. The first-order valence-corrected chi connectivity index (χ1v) is 8.75. The summed E-state index contributed by atoms with van der Waals surface area (Å²) in [5.74, 6) is -0.638. The van der Waals surface area contributed by atoms with Gasteiger partial charge in [-0.25, -0.2) is 4.79 Å². The predicted molar refractivity (Wildman–Crippen MR) is 100 cm³/mol. The maximum Gasteiger partial charge on any atom is 0.344 e. The number of aromatic nitrogens is 1. The van der Waals surface area contributed by atoms with Crippen LogP contribution in [0.3, 0.4) is 0 Å². The fourth-order valence-electron chi connectivity index (χ4n) is 3.35. The van der Waals surface area contributed by atoms with Gasteiger partial charge in [0.25, 0.3) is 5.56 Å². The van der Waals surface area contributed by atoms with E-state index in [0.717, 1.165) is 16.8 Å². The van der Waals surface area contributed by atoms with E-state index < -0.39 is 17.3 Å². The molecule has 0 unspecified atom stereocenters. The number of benzene rings is 2. The highest BCUT2D eigenvalue weighted by atomic mass is 16.5. The minimum absolute atomic E-state index is 0.00216. The number of carbonyl (C=O) groups excluding carboxylic acids is 1. The quantitative estimate of drug-likeness (QED) is 0.668. The van der Waals surface area contributed by atoms with Gasteiger partial charge >= 0.3 is 5.97 Å². The Kier molecular flexibility index (Phi) is 4.38. The van der Waals surface area contributed by atoms with Gasteiger partial charge in [-0.15, -0.1) is 0 Å². The van der Waals surface area contributed by atoms with Crippen LogP contribution in [0.4, 0.5) is 0 Å². The molecule has 0 bridgehead atoms. The zero-order valence-corrected chi connectivity index (χ0v) is 14.9. The average molecular weight is 361 g/mol. The molecule has 0 fully saturated rings. The summed E-state index contributed by atoms with van der Waals surface area (Å²) >= 11 is 0. The Bertz CT molecular complexity index is 1030. The van der Waals surface area contributed by atoms with Gasteiger partial charge in [0.2, 0.25) is 0 Å². The molecule has 3 aromatic rings. The molecule has 136 valence electrons. The lowest BCUT2D eigenvalue weighted by molar-refractivity contribution is -0.0324. The van der Waals surface area contributed by atoms with Gasteiger partial charge in [-0.3, -0.25) is 9.36 Å². The molecule has 0 saturated heterocycles. The first-order chi connectivity index (χ1) is 13.1. The first kappa shape index (κ1) is 17.2. The standard InChI is InChI=1S/C22H19NO4/c1-22(17-10-6-3-7-11-17)23-18(15-27-22)12-13-19(20(23)24)21(25)26-14-16-8-4-2-5-9-16/h2-13H,14-15H2,1H3/t22-/m0/s1. The van der Waals surface area contributed by atoms with Crippen LogP contribution in [0.1, 0.15) is 34.1 Å². The van der Waals surface area contributed by atoms with Crippen LogP contribution in [0.5, 0.6) is 0 Å². The first-order valence-electron chi connectivity index (χ1n) is 8.75. The van der Waals surface area contributed by atoms with E-state index in [2.05, 4.69) is 0 Å². The van der Waals surface area contributed by atoms with Gasteiger partial charge in [-0.05, 0) is 24.6 Å². The third-order valence-electron chi connectivity index (χ3n) is 4.83. The highest BCUT2D eigenvalue weighted by Gasteiger charge is 2.38. The Morgan fingerprint density at radius 2 is 1.70 bits per heavy atom. The number of hydrogen-bond acceptors (Lipinski definition) is 4. The molecule has 2 heterocycles. The third kappa shape index (κ3) is 3.06. The van der Waals surface area contributed by atoms with Gasteiger partial charge in [0.15, 0.2) is 5.72 Å². The number of carbonyl (C=O) groups is 1. The molecule has 0 saturated carbocycles. The maximum absolute atomic E-state index is 13.1. The van der Waals surface area contributed by atoms with Gasteiger partial charge < -0.3 is 9.47 Å². The van der Waals surface area contributed by atoms with E-state index in [1.54, 1.807) is 10.6 Å². The molecule has 0 radical (unpaired) electrons. The second-order valence-electron chi connectivity index (χ2n) is 6.58. The van der Waals surface area contributed by atoms with Crippen molar-refractivity contribution in [3.63, 3.8) is 0 Å². The molecule has 1 aromatic heterocycles. The molecule has 2 aromatic carbocycles. The van der Waals surface area contributed by atoms with E-state index in [0.29, 0.717) is 6.61 Å². The van der Waals surface area contributed by atoms with Crippen molar-refractivity contribution in [2.45, 2.75) is 25.9 Å². The van der Waals surface area contributed by atoms with Crippen molar-refractivity contribution in [2.75, 3.05) is 0 Å². The molecule has 0 amide bonds. The van der Waals surface area contributed by atoms with Crippen molar-refractivity contribution >= 4 is 5.97 Å². The van der Waals surface area contributed by atoms with E-state index >= 15 is 0 Å². The summed E-state index contributed by atoms with van der Waals surface area (Å²) in [5, 5.41) is 0.